The van der Waals surface area contributed by atoms with Gasteiger partial charge in [0, 0.05) is 52.2 Å². The summed E-state index contributed by atoms with van der Waals surface area (Å²) in [6, 6.07) is 0. The van der Waals surface area contributed by atoms with E-state index < -0.39 is 10.2 Å². The molecular weight excluding hydrogens is 286 g/mol. The van der Waals surface area contributed by atoms with E-state index in [2.05, 4.69) is 18.7 Å². The molecule has 19 heavy (non-hydrogen) atoms. The standard InChI is InChI=1S/C12H26ClN3O2S/c1-12(2)11-15-7-9-16(10-8-15)19(17,18)14(3)6-4-5-13/h12H,4-11H2,1-3H3. The van der Waals surface area contributed by atoms with Gasteiger partial charge in [-0.25, -0.2) is 0 Å². The molecule has 1 fully saturated rings. The summed E-state index contributed by atoms with van der Waals surface area (Å²) >= 11 is 5.61. The molecule has 0 aromatic rings. The molecule has 1 rings (SSSR count). The third kappa shape index (κ3) is 5.19. The number of halogens is 1. The Morgan fingerprint density at radius 1 is 1.21 bits per heavy atom. The molecule has 0 saturated carbocycles. The lowest BCUT2D eigenvalue weighted by Crippen LogP contribution is -2.52. The number of rotatable bonds is 7. The van der Waals surface area contributed by atoms with Crippen LogP contribution in [-0.2, 0) is 10.2 Å². The molecule has 0 spiro atoms. The second-order valence-corrected chi connectivity index (χ2v) is 7.88. The van der Waals surface area contributed by atoms with E-state index in [-0.39, 0.29) is 0 Å². The number of nitrogens with zero attached hydrogens (tertiary/aromatic N) is 3. The lowest BCUT2D eigenvalue weighted by molar-refractivity contribution is 0.167. The van der Waals surface area contributed by atoms with Gasteiger partial charge in [-0.3, -0.25) is 0 Å². The van der Waals surface area contributed by atoms with Crippen LogP contribution in [0.1, 0.15) is 20.3 Å². The molecule has 1 heterocycles. The predicted molar refractivity (Wildman–Crippen MR) is 79.7 cm³/mol. The van der Waals surface area contributed by atoms with Crippen LogP contribution in [0.4, 0.5) is 0 Å². The first-order chi connectivity index (χ1) is 8.87. The monoisotopic (exact) mass is 311 g/mol. The van der Waals surface area contributed by atoms with Crippen molar-refractivity contribution in [3.8, 4) is 0 Å². The molecule has 1 aliphatic heterocycles. The zero-order valence-corrected chi connectivity index (χ0v) is 13.8. The van der Waals surface area contributed by atoms with Gasteiger partial charge in [0.2, 0.25) is 0 Å². The highest BCUT2D eigenvalue weighted by Gasteiger charge is 2.29. The maximum atomic E-state index is 12.3. The second kappa shape index (κ2) is 7.78. The summed E-state index contributed by atoms with van der Waals surface area (Å²) in [6.07, 6.45) is 0.685. The molecule has 0 atom stereocenters. The van der Waals surface area contributed by atoms with E-state index in [4.69, 9.17) is 11.6 Å². The zero-order chi connectivity index (χ0) is 14.5. The van der Waals surface area contributed by atoms with Crippen LogP contribution in [0.5, 0.6) is 0 Å². The van der Waals surface area contributed by atoms with E-state index in [1.54, 1.807) is 11.4 Å². The third-order valence-corrected chi connectivity index (χ3v) is 5.54. The SMILES string of the molecule is CC(C)CN1CCN(S(=O)(=O)N(C)CCCCl)CC1. The summed E-state index contributed by atoms with van der Waals surface area (Å²) in [4.78, 5) is 2.33. The lowest BCUT2D eigenvalue weighted by atomic mass is 10.2. The van der Waals surface area contributed by atoms with Gasteiger partial charge in [0.05, 0.1) is 0 Å². The van der Waals surface area contributed by atoms with E-state index in [1.807, 2.05) is 0 Å². The van der Waals surface area contributed by atoms with E-state index in [9.17, 15) is 8.42 Å². The van der Waals surface area contributed by atoms with Crippen LogP contribution in [0.25, 0.3) is 0 Å². The molecule has 0 aromatic heterocycles. The topological polar surface area (TPSA) is 43.9 Å². The molecule has 0 radical (unpaired) electrons. The van der Waals surface area contributed by atoms with Crippen LogP contribution >= 0.6 is 11.6 Å². The van der Waals surface area contributed by atoms with Gasteiger partial charge in [0.25, 0.3) is 10.2 Å². The number of hydrogen-bond acceptors (Lipinski definition) is 3. The van der Waals surface area contributed by atoms with Gasteiger partial charge in [-0.15, -0.1) is 11.6 Å². The molecule has 1 aliphatic rings. The van der Waals surface area contributed by atoms with Crippen molar-refractivity contribution in [1.82, 2.24) is 13.5 Å². The quantitative estimate of drug-likeness (QED) is 0.661. The minimum atomic E-state index is -3.30. The van der Waals surface area contributed by atoms with Crippen molar-refractivity contribution < 1.29 is 8.42 Å². The normalized spacial score (nSPS) is 19.5. The van der Waals surface area contributed by atoms with Crippen molar-refractivity contribution >= 4 is 21.8 Å². The molecule has 0 bridgehead atoms. The van der Waals surface area contributed by atoms with Crippen molar-refractivity contribution in [3.63, 3.8) is 0 Å². The minimum Gasteiger partial charge on any atom is -0.300 e. The fourth-order valence-corrected chi connectivity index (χ4v) is 3.75. The Morgan fingerprint density at radius 3 is 2.26 bits per heavy atom. The Balaban J connectivity index is 2.49. The van der Waals surface area contributed by atoms with E-state index >= 15 is 0 Å². The Labute approximate surface area is 122 Å². The molecule has 5 nitrogen and oxygen atoms in total. The van der Waals surface area contributed by atoms with Crippen molar-refractivity contribution in [1.29, 1.82) is 0 Å². The Morgan fingerprint density at radius 2 is 1.79 bits per heavy atom. The second-order valence-electron chi connectivity index (χ2n) is 5.47. The molecule has 0 amide bonds. The first-order valence-corrected chi connectivity index (χ1v) is 8.80. The minimum absolute atomic E-state index is 0.484. The molecule has 7 heteroatoms. The average Bonchev–Trinajstić information content (AvgIpc) is 2.35. The summed E-state index contributed by atoms with van der Waals surface area (Å²) in [5.74, 6) is 1.11. The molecular formula is C12H26ClN3O2S. The highest BCUT2D eigenvalue weighted by Crippen LogP contribution is 2.12. The fraction of sp³-hybridized carbons (Fsp3) is 1.00. The first kappa shape index (κ1) is 17.2. The van der Waals surface area contributed by atoms with Crippen LogP contribution in [-0.4, -0.2) is 74.1 Å². The largest absolute Gasteiger partial charge is 0.300 e. The first-order valence-electron chi connectivity index (χ1n) is 6.87. The molecule has 114 valence electrons. The number of piperazine rings is 1. The summed E-state index contributed by atoms with van der Waals surface area (Å²) in [7, 11) is -1.68. The number of hydrogen-bond donors (Lipinski definition) is 0. The van der Waals surface area contributed by atoms with Crippen molar-refractivity contribution in [2.45, 2.75) is 20.3 Å². The smallest absolute Gasteiger partial charge is 0.281 e. The summed E-state index contributed by atoms with van der Waals surface area (Å²) < 4.78 is 27.6. The van der Waals surface area contributed by atoms with Crippen LogP contribution in [0.2, 0.25) is 0 Å². The maximum absolute atomic E-state index is 12.3. The van der Waals surface area contributed by atoms with Crippen molar-refractivity contribution in [2.75, 3.05) is 52.2 Å². The zero-order valence-electron chi connectivity index (χ0n) is 12.2. The fourth-order valence-electron chi connectivity index (χ4n) is 2.25. The lowest BCUT2D eigenvalue weighted by Gasteiger charge is -2.36. The van der Waals surface area contributed by atoms with Crippen molar-refractivity contribution in [3.05, 3.63) is 0 Å². The van der Waals surface area contributed by atoms with Crippen LogP contribution in [0.3, 0.4) is 0 Å². The molecule has 0 N–H and O–H groups in total. The maximum Gasteiger partial charge on any atom is 0.281 e. The summed E-state index contributed by atoms with van der Waals surface area (Å²) in [6.45, 7) is 8.70. The van der Waals surface area contributed by atoms with E-state index in [1.165, 1.54) is 4.31 Å². The summed E-state index contributed by atoms with van der Waals surface area (Å²) in [5.41, 5.74) is 0. The average molecular weight is 312 g/mol. The molecule has 1 saturated heterocycles. The predicted octanol–water partition coefficient (Wildman–Crippen LogP) is 1.07. The number of alkyl halides is 1. The van der Waals surface area contributed by atoms with Crippen LogP contribution in [0, 0.1) is 5.92 Å². The Hall–Kier alpha value is 0.120. The van der Waals surface area contributed by atoms with Crippen LogP contribution < -0.4 is 0 Å². The Kier molecular flexibility index (Phi) is 7.04. The van der Waals surface area contributed by atoms with Crippen LogP contribution in [0.15, 0.2) is 0 Å². The van der Waals surface area contributed by atoms with Gasteiger partial charge in [-0.05, 0) is 12.3 Å². The third-order valence-electron chi connectivity index (χ3n) is 3.28. The van der Waals surface area contributed by atoms with E-state index in [0.29, 0.717) is 37.9 Å². The van der Waals surface area contributed by atoms with Gasteiger partial charge in [0.15, 0.2) is 0 Å². The Bertz CT molecular complexity index is 354. The van der Waals surface area contributed by atoms with Gasteiger partial charge in [-0.1, -0.05) is 13.8 Å². The van der Waals surface area contributed by atoms with Gasteiger partial charge < -0.3 is 4.90 Å². The highest BCUT2D eigenvalue weighted by molar-refractivity contribution is 7.86. The van der Waals surface area contributed by atoms with Gasteiger partial charge in [0.1, 0.15) is 0 Å². The van der Waals surface area contributed by atoms with Crippen molar-refractivity contribution in [2.24, 2.45) is 5.92 Å². The van der Waals surface area contributed by atoms with E-state index in [0.717, 1.165) is 19.6 Å². The molecule has 0 aliphatic carbocycles. The van der Waals surface area contributed by atoms with Gasteiger partial charge >= 0.3 is 0 Å². The van der Waals surface area contributed by atoms with Gasteiger partial charge in [-0.2, -0.15) is 17.0 Å². The molecule has 0 unspecified atom stereocenters. The molecule has 0 aromatic carbocycles. The summed E-state index contributed by atoms with van der Waals surface area (Å²) in [5, 5.41) is 0. The highest BCUT2D eigenvalue weighted by atomic mass is 35.5.